The first-order valence-corrected chi connectivity index (χ1v) is 12.3. The molecule has 0 spiro atoms. The van der Waals surface area contributed by atoms with Crippen molar-refractivity contribution >= 4 is 23.2 Å². The van der Waals surface area contributed by atoms with E-state index >= 15 is 0 Å². The number of alkyl halides is 3. The van der Waals surface area contributed by atoms with E-state index in [0.29, 0.717) is 28.5 Å². The Morgan fingerprint density at radius 1 is 1.23 bits per heavy atom. The molecule has 0 aliphatic carbocycles. The molecule has 0 aliphatic heterocycles. The van der Waals surface area contributed by atoms with Gasteiger partial charge >= 0.3 is 6.18 Å². The zero-order chi connectivity index (χ0) is 28.5. The fourth-order valence-corrected chi connectivity index (χ4v) is 4.19. The van der Waals surface area contributed by atoms with Crippen molar-refractivity contribution in [1.29, 1.82) is 0 Å². The van der Waals surface area contributed by atoms with Gasteiger partial charge in [-0.2, -0.15) is 18.3 Å². The number of nitrogens with zero attached hydrogens (tertiary/aromatic N) is 6. The Hall–Kier alpha value is -3.90. The molecule has 4 aromatic rings. The molecule has 0 unspecified atom stereocenters. The summed E-state index contributed by atoms with van der Waals surface area (Å²) in [6.45, 7) is 4.59. The van der Waals surface area contributed by atoms with Crippen LogP contribution in [0.2, 0.25) is 5.02 Å². The molecule has 4 rings (SSSR count). The molecule has 0 radical (unpaired) electrons. The highest BCUT2D eigenvalue weighted by Gasteiger charge is 2.33. The molecule has 0 saturated carbocycles. The first-order chi connectivity index (χ1) is 18.4. The van der Waals surface area contributed by atoms with Crippen molar-refractivity contribution in [3.8, 4) is 22.7 Å². The molecule has 13 heteroatoms. The van der Waals surface area contributed by atoms with Crippen LogP contribution in [0.1, 0.15) is 34.1 Å². The molecule has 206 valence electrons. The van der Waals surface area contributed by atoms with Crippen LogP contribution >= 0.6 is 11.6 Å². The molecule has 0 bridgehead atoms. The van der Waals surface area contributed by atoms with Crippen LogP contribution < -0.4 is 10.1 Å². The Kier molecular flexibility index (Phi) is 7.98. The van der Waals surface area contributed by atoms with Crippen LogP contribution in [0.5, 0.6) is 5.75 Å². The third-order valence-corrected chi connectivity index (χ3v) is 6.70. The second kappa shape index (κ2) is 11.1. The van der Waals surface area contributed by atoms with Crippen LogP contribution in [0.15, 0.2) is 42.7 Å². The fourth-order valence-electron chi connectivity index (χ4n) is 3.99. The number of hydrogen-bond donors (Lipinski definition) is 1. The molecule has 1 N–H and O–H groups in total. The second-order valence-electron chi connectivity index (χ2n) is 8.98. The van der Waals surface area contributed by atoms with Crippen LogP contribution in [0.4, 0.5) is 18.9 Å². The van der Waals surface area contributed by atoms with Crippen molar-refractivity contribution in [2.75, 3.05) is 26.0 Å². The molecule has 39 heavy (non-hydrogen) atoms. The number of nitrogens with one attached hydrogen (secondary N) is 1. The number of anilines is 1. The highest BCUT2D eigenvalue weighted by molar-refractivity contribution is 6.32. The van der Waals surface area contributed by atoms with Crippen LogP contribution in [0, 0.1) is 6.92 Å². The summed E-state index contributed by atoms with van der Waals surface area (Å²) in [4.78, 5) is 15.1. The molecule has 0 saturated heterocycles. The first kappa shape index (κ1) is 28.1. The maximum Gasteiger partial charge on any atom is 0.416 e. The molecule has 1 amide bonds. The summed E-state index contributed by atoms with van der Waals surface area (Å²) in [5.74, 6) is -0.498. The smallest absolute Gasteiger partial charge is 0.416 e. The van der Waals surface area contributed by atoms with E-state index in [0.717, 1.165) is 23.4 Å². The molecule has 9 nitrogen and oxygen atoms in total. The zero-order valence-corrected chi connectivity index (χ0v) is 22.7. The van der Waals surface area contributed by atoms with E-state index in [1.54, 1.807) is 24.1 Å². The largest absolute Gasteiger partial charge is 0.494 e. The van der Waals surface area contributed by atoms with Crippen molar-refractivity contribution in [3.05, 3.63) is 70.1 Å². The van der Waals surface area contributed by atoms with E-state index in [-0.39, 0.29) is 23.5 Å². The van der Waals surface area contributed by atoms with Crippen molar-refractivity contribution in [2.45, 2.75) is 26.6 Å². The minimum atomic E-state index is -4.61. The normalized spacial score (nSPS) is 11.7. The summed E-state index contributed by atoms with van der Waals surface area (Å²) in [7, 11) is 4.94. The van der Waals surface area contributed by atoms with Gasteiger partial charge in [0.2, 0.25) is 0 Å². The number of halogens is 4. The lowest BCUT2D eigenvalue weighted by Crippen LogP contribution is -2.20. The molecular weight excluding hydrogens is 535 g/mol. The third kappa shape index (κ3) is 5.91. The van der Waals surface area contributed by atoms with Crippen molar-refractivity contribution < 1.29 is 22.7 Å². The summed E-state index contributed by atoms with van der Waals surface area (Å²) in [6.07, 6.45) is -1.29. The number of aryl methyl sites for hydroxylation is 1. The number of benzene rings is 2. The number of carbonyl (C=O) groups excluding carboxylic acids is 1. The van der Waals surface area contributed by atoms with Gasteiger partial charge in [0.1, 0.15) is 11.4 Å². The Morgan fingerprint density at radius 2 is 1.97 bits per heavy atom. The molecular formula is C26H27ClF3N7O2. The summed E-state index contributed by atoms with van der Waals surface area (Å²) < 4.78 is 49.7. The Bertz CT molecular complexity index is 1510. The van der Waals surface area contributed by atoms with Gasteiger partial charge in [0.15, 0.2) is 0 Å². The number of hydrogen-bond acceptors (Lipinski definition) is 6. The van der Waals surface area contributed by atoms with Gasteiger partial charge < -0.3 is 15.0 Å². The first-order valence-electron chi connectivity index (χ1n) is 11.9. The van der Waals surface area contributed by atoms with E-state index in [1.807, 2.05) is 25.8 Å². The van der Waals surface area contributed by atoms with Gasteiger partial charge in [-0.1, -0.05) is 23.7 Å². The fraction of sp³-hybridized carbons (Fsp3) is 0.308. The monoisotopic (exact) mass is 561 g/mol. The molecule has 2 aromatic heterocycles. The number of methoxy groups -OCH3 is 1. The number of amides is 1. The van der Waals surface area contributed by atoms with E-state index in [2.05, 4.69) is 20.7 Å². The SMILES string of the molecule is CCN(C)Cc1cc(C(F)(F)F)cc(NC(=O)c2ccc(Cl)c(-n3cc(-c4cnn(C)c4C)nn3)c2)c1OC. The molecule has 2 aromatic carbocycles. The van der Waals surface area contributed by atoms with Crippen LogP contribution in [-0.2, 0) is 19.8 Å². The van der Waals surface area contributed by atoms with E-state index in [4.69, 9.17) is 16.3 Å². The van der Waals surface area contributed by atoms with Crippen LogP contribution in [-0.4, -0.2) is 56.3 Å². The number of ether oxygens (including phenoxy) is 1. The number of rotatable bonds is 8. The summed E-state index contributed by atoms with van der Waals surface area (Å²) in [5, 5.41) is 15.4. The summed E-state index contributed by atoms with van der Waals surface area (Å²) in [6, 6.07) is 6.36. The van der Waals surface area contributed by atoms with Crippen molar-refractivity contribution in [2.24, 2.45) is 7.05 Å². The topological polar surface area (TPSA) is 90.1 Å². The minimum absolute atomic E-state index is 0.0941. The predicted octanol–water partition coefficient (Wildman–Crippen LogP) is 5.36. The predicted molar refractivity (Wildman–Crippen MR) is 141 cm³/mol. The third-order valence-electron chi connectivity index (χ3n) is 6.39. The summed E-state index contributed by atoms with van der Waals surface area (Å²) in [5.41, 5.74) is 2.06. The average Bonchev–Trinajstić information content (AvgIpc) is 3.50. The Morgan fingerprint density at radius 3 is 2.59 bits per heavy atom. The quantitative estimate of drug-likeness (QED) is 0.311. The van der Waals surface area contributed by atoms with E-state index < -0.39 is 17.6 Å². The lowest BCUT2D eigenvalue weighted by Gasteiger charge is -2.21. The van der Waals surface area contributed by atoms with Crippen molar-refractivity contribution in [1.82, 2.24) is 29.7 Å². The Balaban J connectivity index is 1.68. The van der Waals surface area contributed by atoms with E-state index in [1.165, 1.54) is 30.0 Å². The van der Waals surface area contributed by atoms with Gasteiger partial charge in [-0.05, 0) is 50.8 Å². The van der Waals surface area contributed by atoms with Gasteiger partial charge in [-0.15, -0.1) is 5.10 Å². The average molecular weight is 562 g/mol. The van der Waals surface area contributed by atoms with Gasteiger partial charge in [-0.3, -0.25) is 9.48 Å². The highest BCUT2D eigenvalue weighted by atomic mass is 35.5. The van der Waals surface area contributed by atoms with Crippen LogP contribution in [0.3, 0.4) is 0 Å². The minimum Gasteiger partial charge on any atom is -0.494 e. The summed E-state index contributed by atoms with van der Waals surface area (Å²) >= 11 is 6.40. The lowest BCUT2D eigenvalue weighted by molar-refractivity contribution is -0.137. The molecule has 2 heterocycles. The van der Waals surface area contributed by atoms with Gasteiger partial charge in [0.25, 0.3) is 5.91 Å². The van der Waals surface area contributed by atoms with Crippen LogP contribution in [0.25, 0.3) is 16.9 Å². The molecule has 0 aliphatic rings. The standard InChI is InChI=1S/C26H27ClF3N7O2/c1-6-35(3)13-17-9-18(26(28,29)30)11-21(24(17)39-5)32-25(38)16-7-8-20(27)23(10-16)37-14-22(33-34-37)19-12-31-36(4)15(19)2/h7-12,14H,6,13H2,1-5H3,(H,32,38). The Labute approximate surface area is 228 Å². The maximum absolute atomic E-state index is 13.7. The van der Waals surface area contributed by atoms with Gasteiger partial charge in [0, 0.05) is 36.0 Å². The molecule has 0 atom stereocenters. The van der Waals surface area contributed by atoms with Crippen molar-refractivity contribution in [3.63, 3.8) is 0 Å². The van der Waals surface area contributed by atoms with Gasteiger partial charge in [-0.25, -0.2) is 4.68 Å². The van der Waals surface area contributed by atoms with Gasteiger partial charge in [0.05, 0.1) is 41.5 Å². The number of carbonyl (C=O) groups is 1. The number of aromatic nitrogens is 5. The highest BCUT2D eigenvalue weighted by Crippen LogP contribution is 2.38. The molecule has 0 fully saturated rings. The zero-order valence-electron chi connectivity index (χ0n) is 22.0. The lowest BCUT2D eigenvalue weighted by atomic mass is 10.1. The second-order valence-corrected chi connectivity index (χ2v) is 9.39. The van der Waals surface area contributed by atoms with E-state index in [9.17, 15) is 18.0 Å². The maximum atomic E-state index is 13.7.